The van der Waals surface area contributed by atoms with Crippen molar-refractivity contribution in [3.63, 3.8) is 0 Å². The van der Waals surface area contributed by atoms with E-state index in [1.165, 1.54) is 22.3 Å². The number of hydrogen-bond acceptors (Lipinski definition) is 2. The number of hydrogen-bond donors (Lipinski definition) is 0. The van der Waals surface area contributed by atoms with E-state index < -0.39 is 0 Å². The van der Waals surface area contributed by atoms with Crippen LogP contribution in [-0.2, 0) is 0 Å². The van der Waals surface area contributed by atoms with Gasteiger partial charge in [0.1, 0.15) is 0 Å². The Balaban J connectivity index is 0.766. The fourth-order valence-electron chi connectivity index (χ4n) is 9.43. The molecule has 0 aliphatic heterocycles. The van der Waals surface area contributed by atoms with Crippen molar-refractivity contribution in [3.05, 3.63) is 358 Å². The third-order valence-corrected chi connectivity index (χ3v) is 13.9. The van der Waals surface area contributed by atoms with E-state index in [4.69, 9.17) is 0 Å². The van der Waals surface area contributed by atoms with E-state index in [1.807, 2.05) is 24.3 Å². The summed E-state index contributed by atoms with van der Waals surface area (Å²) in [6.45, 7) is 0. The number of rotatable bonds is 18. The van der Waals surface area contributed by atoms with Crippen molar-refractivity contribution in [3.8, 4) is 0 Å². The van der Waals surface area contributed by atoms with E-state index in [0.717, 1.165) is 78.6 Å². The lowest BCUT2D eigenvalue weighted by Crippen LogP contribution is -2.09. The van der Waals surface area contributed by atoms with Gasteiger partial charge in [0.15, 0.2) is 0 Å². The van der Waals surface area contributed by atoms with Crippen LogP contribution < -0.4 is 9.80 Å². The van der Waals surface area contributed by atoms with E-state index >= 15 is 0 Å². The molecule has 0 radical (unpaired) electrons. The van der Waals surface area contributed by atoms with Crippen LogP contribution in [0.2, 0.25) is 0 Å². The summed E-state index contributed by atoms with van der Waals surface area (Å²) in [5.74, 6) is 0. The molecule has 0 saturated heterocycles. The second kappa shape index (κ2) is 26.0. The Morgan fingerprint density at radius 2 is 0.237 bits per heavy atom. The Morgan fingerprint density at radius 1 is 0.125 bits per heavy atom. The molecular weight excluding hydrogens is 965 g/mol. The fourth-order valence-corrected chi connectivity index (χ4v) is 9.43. The average molecular weight is 1030 g/mol. The molecule has 0 heterocycles. The number of benzene rings is 11. The van der Waals surface area contributed by atoms with Gasteiger partial charge in [0.2, 0.25) is 0 Å². The molecule has 0 spiro atoms. The Kier molecular flexibility index (Phi) is 16.8. The Hall–Kier alpha value is -10.5. The van der Waals surface area contributed by atoms with Gasteiger partial charge in [-0.25, -0.2) is 0 Å². The maximum Gasteiger partial charge on any atom is 0.0462 e. The third kappa shape index (κ3) is 14.1. The van der Waals surface area contributed by atoms with Crippen LogP contribution in [0.5, 0.6) is 0 Å². The Labute approximate surface area is 472 Å². The molecule has 11 aromatic carbocycles. The summed E-state index contributed by atoms with van der Waals surface area (Å²) in [5, 5.41) is 0. The summed E-state index contributed by atoms with van der Waals surface area (Å²) in [7, 11) is 0. The highest BCUT2D eigenvalue weighted by atomic mass is 15.1. The lowest BCUT2D eigenvalue weighted by Gasteiger charge is -2.26. The van der Waals surface area contributed by atoms with Crippen molar-refractivity contribution in [2.75, 3.05) is 9.80 Å². The Bertz CT molecular complexity index is 3430. The molecule has 2 heteroatoms. The summed E-state index contributed by atoms with van der Waals surface area (Å²) < 4.78 is 0. The summed E-state index contributed by atoms with van der Waals surface area (Å²) in [6, 6.07) is 103. The minimum atomic E-state index is 1.08. The zero-order valence-electron chi connectivity index (χ0n) is 44.5. The topological polar surface area (TPSA) is 6.48 Å². The fraction of sp³-hybridized carbons (Fsp3) is 0. The zero-order valence-corrected chi connectivity index (χ0v) is 44.5. The molecule has 0 aromatic heterocycles. The van der Waals surface area contributed by atoms with Gasteiger partial charge in [-0.3, -0.25) is 0 Å². The average Bonchev–Trinajstić information content (AvgIpc) is 3.55. The van der Waals surface area contributed by atoms with Crippen LogP contribution in [0.4, 0.5) is 34.1 Å². The first-order chi connectivity index (χ1) is 39.6. The van der Waals surface area contributed by atoms with Gasteiger partial charge in [-0.2, -0.15) is 0 Å². The molecule has 2 nitrogen and oxygen atoms in total. The second-order valence-corrected chi connectivity index (χ2v) is 19.5. The van der Waals surface area contributed by atoms with Gasteiger partial charge in [-0.1, -0.05) is 291 Å². The molecule has 11 rings (SSSR count). The van der Waals surface area contributed by atoms with Gasteiger partial charge < -0.3 is 9.80 Å². The maximum atomic E-state index is 2.32. The maximum absolute atomic E-state index is 2.32. The van der Waals surface area contributed by atoms with Gasteiger partial charge in [-0.05, 0) is 140 Å². The van der Waals surface area contributed by atoms with Gasteiger partial charge in [0, 0.05) is 34.1 Å². The van der Waals surface area contributed by atoms with E-state index in [1.54, 1.807) is 0 Å². The van der Waals surface area contributed by atoms with Crippen LogP contribution in [0.3, 0.4) is 0 Å². The molecule has 0 saturated carbocycles. The van der Waals surface area contributed by atoms with E-state index in [2.05, 4.69) is 350 Å². The molecule has 11 aromatic rings. The Morgan fingerprint density at radius 3 is 0.375 bits per heavy atom. The first kappa shape index (κ1) is 51.6. The molecule has 0 atom stereocenters. The van der Waals surface area contributed by atoms with Crippen LogP contribution in [0, 0.1) is 0 Å². The standard InChI is InChI=1S/C78H60N2/c1-5-13-61(14-6-1)21-25-67-37-49-73(50-38-67)79(74-51-39-68(40-52-74)26-22-62-15-7-2-8-16-62)77-57-45-71(46-58-77)35-33-65-29-31-66(32-30-65)34-36-72-47-59-78(60-48-72)80(75-53-41-69(42-54-75)27-23-63-17-9-3-10-18-63)76-55-43-70(44-56-76)28-24-64-19-11-4-12-20-64/h1-60H. The molecule has 0 aliphatic carbocycles. The minimum Gasteiger partial charge on any atom is -0.311 e. The quantitative estimate of drug-likeness (QED) is 0.0791. The van der Waals surface area contributed by atoms with Crippen LogP contribution >= 0.6 is 0 Å². The molecule has 382 valence electrons. The van der Waals surface area contributed by atoms with Crippen molar-refractivity contribution in [1.29, 1.82) is 0 Å². The van der Waals surface area contributed by atoms with E-state index in [9.17, 15) is 0 Å². The van der Waals surface area contributed by atoms with Crippen LogP contribution in [-0.4, -0.2) is 0 Å². The minimum absolute atomic E-state index is 1.08. The highest BCUT2D eigenvalue weighted by Crippen LogP contribution is 2.37. The third-order valence-electron chi connectivity index (χ3n) is 13.9. The lowest BCUT2D eigenvalue weighted by atomic mass is 10.1. The highest BCUT2D eigenvalue weighted by molar-refractivity contribution is 5.83. The van der Waals surface area contributed by atoms with Crippen molar-refractivity contribution < 1.29 is 0 Å². The first-order valence-corrected chi connectivity index (χ1v) is 27.2. The summed E-state index contributed by atoms with van der Waals surface area (Å²) in [6.07, 6.45) is 26.0. The smallest absolute Gasteiger partial charge is 0.0462 e. The molecule has 0 fully saturated rings. The molecule has 0 amide bonds. The summed E-state index contributed by atoms with van der Waals surface area (Å²) in [5.41, 5.74) is 20.4. The molecular formula is C78H60N2. The van der Waals surface area contributed by atoms with Crippen molar-refractivity contribution in [2.45, 2.75) is 0 Å². The second-order valence-electron chi connectivity index (χ2n) is 19.5. The number of anilines is 6. The van der Waals surface area contributed by atoms with Crippen molar-refractivity contribution in [1.82, 2.24) is 0 Å². The van der Waals surface area contributed by atoms with Crippen LogP contribution in [0.25, 0.3) is 72.9 Å². The molecule has 0 bridgehead atoms. The SMILES string of the molecule is C(=Cc1ccc(N(c2ccc(C=Cc3ccccc3)cc2)c2ccc(C=Cc3ccc(C=Cc4ccc(N(c5ccc(C=Cc6ccccc6)cc5)c5ccc(C=Cc6ccccc6)cc5)cc4)cc3)cc2)cc1)c1ccccc1. The largest absolute Gasteiger partial charge is 0.311 e. The lowest BCUT2D eigenvalue weighted by molar-refractivity contribution is 1.28. The zero-order chi connectivity index (χ0) is 54.0. The van der Waals surface area contributed by atoms with E-state index in [-0.39, 0.29) is 0 Å². The predicted molar refractivity (Wildman–Crippen MR) is 348 cm³/mol. The number of nitrogens with zero attached hydrogens (tertiary/aromatic N) is 2. The first-order valence-electron chi connectivity index (χ1n) is 27.2. The van der Waals surface area contributed by atoms with Crippen LogP contribution in [0.1, 0.15) is 66.8 Å². The van der Waals surface area contributed by atoms with Crippen molar-refractivity contribution >= 4 is 107 Å². The van der Waals surface area contributed by atoms with Gasteiger partial charge >= 0.3 is 0 Å². The molecule has 0 unspecified atom stereocenters. The molecule has 80 heavy (non-hydrogen) atoms. The summed E-state index contributed by atoms with van der Waals surface area (Å²) in [4.78, 5) is 4.63. The highest BCUT2D eigenvalue weighted by Gasteiger charge is 2.14. The van der Waals surface area contributed by atoms with Crippen LogP contribution in [0.15, 0.2) is 291 Å². The van der Waals surface area contributed by atoms with Gasteiger partial charge in [0.05, 0.1) is 0 Å². The monoisotopic (exact) mass is 1020 g/mol. The van der Waals surface area contributed by atoms with Gasteiger partial charge in [0.25, 0.3) is 0 Å². The van der Waals surface area contributed by atoms with E-state index in [0.29, 0.717) is 0 Å². The normalized spacial score (nSPS) is 11.7. The summed E-state index contributed by atoms with van der Waals surface area (Å²) >= 11 is 0. The molecule has 0 N–H and O–H groups in total. The van der Waals surface area contributed by atoms with Crippen molar-refractivity contribution in [2.24, 2.45) is 0 Å². The molecule has 0 aliphatic rings. The predicted octanol–water partition coefficient (Wildman–Crippen LogP) is 21.6. The van der Waals surface area contributed by atoms with Gasteiger partial charge in [-0.15, -0.1) is 0 Å².